The summed E-state index contributed by atoms with van der Waals surface area (Å²) in [4.78, 5) is 12.7. The number of aromatic nitrogens is 2. The number of aromatic hydroxyl groups is 1. The Morgan fingerprint density at radius 2 is 1.41 bits per heavy atom. The Hall–Kier alpha value is -2.88. The molecule has 0 saturated heterocycles. The molecule has 22 heavy (non-hydrogen) atoms. The van der Waals surface area contributed by atoms with Gasteiger partial charge in [-0.1, -0.05) is 48.5 Å². The highest BCUT2D eigenvalue weighted by atomic mass is 16.3. The van der Waals surface area contributed by atoms with Gasteiger partial charge in [-0.25, -0.2) is 4.79 Å². The summed E-state index contributed by atoms with van der Waals surface area (Å²) in [5.41, 5.74) is 1.67. The number of benzene rings is 2. The van der Waals surface area contributed by atoms with Crippen molar-refractivity contribution in [2.75, 3.05) is 0 Å². The van der Waals surface area contributed by atoms with E-state index in [0.717, 1.165) is 5.56 Å². The molecule has 1 N–H and O–H groups in total. The van der Waals surface area contributed by atoms with Gasteiger partial charge >= 0.3 is 5.56 Å². The molecule has 110 valence electrons. The summed E-state index contributed by atoms with van der Waals surface area (Å²) in [6.45, 7) is 0. The largest absolute Gasteiger partial charge is 0.477 e. The van der Waals surface area contributed by atoms with E-state index in [9.17, 15) is 9.90 Å². The second-order valence-electron chi connectivity index (χ2n) is 5.18. The van der Waals surface area contributed by atoms with Crippen molar-refractivity contribution < 1.29 is 9.67 Å². The monoisotopic (exact) mass is 293 g/mol. The highest BCUT2D eigenvalue weighted by Crippen LogP contribution is 2.24. The standard InChI is InChI=1S/C18H16N2O2/c1-19-16(14-11-7-4-8-12-14)20(2)18(22)15(17(19)21)13-9-5-3-6-10-13/h3-12H,1-2H3/p+1. The number of nitrogens with zero attached hydrogens (tertiary/aromatic N) is 2. The molecule has 0 fully saturated rings. The summed E-state index contributed by atoms with van der Waals surface area (Å²) in [6.07, 6.45) is 0. The fourth-order valence-corrected chi connectivity index (χ4v) is 2.68. The maximum absolute atomic E-state index is 12.7. The van der Waals surface area contributed by atoms with Gasteiger partial charge in [-0.2, -0.15) is 9.13 Å². The average Bonchev–Trinajstić information content (AvgIpc) is 2.55. The summed E-state index contributed by atoms with van der Waals surface area (Å²) >= 11 is 0. The molecule has 0 amide bonds. The molecule has 4 heteroatoms. The van der Waals surface area contributed by atoms with E-state index in [-0.39, 0.29) is 11.4 Å². The molecule has 4 nitrogen and oxygen atoms in total. The fourth-order valence-electron chi connectivity index (χ4n) is 2.68. The van der Waals surface area contributed by atoms with Crippen LogP contribution in [-0.2, 0) is 14.1 Å². The van der Waals surface area contributed by atoms with Crippen LogP contribution in [0.15, 0.2) is 65.5 Å². The van der Waals surface area contributed by atoms with Crippen molar-refractivity contribution in [3.05, 3.63) is 71.0 Å². The third-order valence-corrected chi connectivity index (χ3v) is 3.79. The molecule has 3 aromatic rings. The molecular weight excluding hydrogens is 276 g/mol. The van der Waals surface area contributed by atoms with Crippen LogP contribution in [0.4, 0.5) is 0 Å². The van der Waals surface area contributed by atoms with Crippen molar-refractivity contribution in [3.63, 3.8) is 0 Å². The van der Waals surface area contributed by atoms with E-state index >= 15 is 0 Å². The zero-order valence-electron chi connectivity index (χ0n) is 12.5. The highest BCUT2D eigenvalue weighted by Gasteiger charge is 2.26. The normalized spacial score (nSPS) is 10.6. The molecule has 0 aliphatic carbocycles. The van der Waals surface area contributed by atoms with Gasteiger partial charge in [0.1, 0.15) is 0 Å². The molecule has 0 radical (unpaired) electrons. The van der Waals surface area contributed by atoms with Gasteiger partial charge < -0.3 is 5.11 Å². The maximum Gasteiger partial charge on any atom is 0.349 e. The zero-order chi connectivity index (χ0) is 15.7. The van der Waals surface area contributed by atoms with E-state index < -0.39 is 0 Å². The van der Waals surface area contributed by atoms with Crippen LogP contribution >= 0.6 is 0 Å². The molecule has 1 aromatic heterocycles. The molecule has 0 atom stereocenters. The van der Waals surface area contributed by atoms with Gasteiger partial charge in [0.2, 0.25) is 0 Å². The van der Waals surface area contributed by atoms with Gasteiger partial charge in [0.25, 0.3) is 11.7 Å². The Bertz CT molecular complexity index is 869. The van der Waals surface area contributed by atoms with Gasteiger partial charge in [-0.05, 0) is 17.7 Å². The van der Waals surface area contributed by atoms with Crippen molar-refractivity contribution >= 4 is 0 Å². The van der Waals surface area contributed by atoms with Crippen molar-refractivity contribution in [1.82, 2.24) is 4.57 Å². The maximum atomic E-state index is 12.7. The van der Waals surface area contributed by atoms with Gasteiger partial charge in [-0.3, -0.25) is 0 Å². The van der Waals surface area contributed by atoms with E-state index in [2.05, 4.69) is 0 Å². The quantitative estimate of drug-likeness (QED) is 0.737. The van der Waals surface area contributed by atoms with Crippen LogP contribution in [0.1, 0.15) is 0 Å². The molecule has 2 aromatic carbocycles. The summed E-state index contributed by atoms with van der Waals surface area (Å²) < 4.78 is 3.20. The van der Waals surface area contributed by atoms with E-state index in [1.165, 1.54) is 0 Å². The second kappa shape index (κ2) is 5.48. The number of hydrogen-bond donors (Lipinski definition) is 1. The van der Waals surface area contributed by atoms with Crippen LogP contribution < -0.4 is 10.1 Å². The third kappa shape index (κ3) is 2.19. The first-order valence-corrected chi connectivity index (χ1v) is 7.04. The Kier molecular flexibility index (Phi) is 3.51. The lowest BCUT2D eigenvalue weighted by Gasteiger charge is -2.10. The minimum absolute atomic E-state index is 0.0341. The van der Waals surface area contributed by atoms with Crippen LogP contribution in [0.2, 0.25) is 0 Å². The van der Waals surface area contributed by atoms with E-state index in [1.54, 1.807) is 23.2 Å². The Morgan fingerprint density at radius 3 is 1.95 bits per heavy atom. The average molecular weight is 293 g/mol. The lowest BCUT2D eigenvalue weighted by molar-refractivity contribution is -0.670. The highest BCUT2D eigenvalue weighted by molar-refractivity contribution is 5.67. The fraction of sp³-hybridized carbons (Fsp3) is 0.111. The van der Waals surface area contributed by atoms with Gasteiger partial charge in [-0.15, -0.1) is 0 Å². The van der Waals surface area contributed by atoms with Crippen molar-refractivity contribution in [3.8, 4) is 28.4 Å². The molecule has 3 rings (SSSR count). The molecule has 0 unspecified atom stereocenters. The van der Waals surface area contributed by atoms with Gasteiger partial charge in [0.15, 0.2) is 5.56 Å². The predicted octanol–water partition coefficient (Wildman–Crippen LogP) is 2.25. The first-order chi connectivity index (χ1) is 10.6. The molecule has 0 bridgehead atoms. The third-order valence-electron chi connectivity index (χ3n) is 3.79. The first kappa shape index (κ1) is 14.1. The predicted molar refractivity (Wildman–Crippen MR) is 85.4 cm³/mol. The van der Waals surface area contributed by atoms with Crippen LogP contribution in [0.5, 0.6) is 5.88 Å². The summed E-state index contributed by atoms with van der Waals surface area (Å²) in [5.74, 6) is 0.621. The van der Waals surface area contributed by atoms with Crippen molar-refractivity contribution in [1.29, 1.82) is 0 Å². The summed E-state index contributed by atoms with van der Waals surface area (Å²) in [5, 5.41) is 10.5. The van der Waals surface area contributed by atoms with Gasteiger partial charge in [0, 0.05) is 0 Å². The summed E-state index contributed by atoms with van der Waals surface area (Å²) in [6, 6.07) is 18.8. The molecular formula is C18H17N2O2+. The lowest BCUT2D eigenvalue weighted by Crippen LogP contribution is -2.40. The second-order valence-corrected chi connectivity index (χ2v) is 5.18. The zero-order valence-corrected chi connectivity index (χ0v) is 12.5. The molecule has 0 aliphatic rings. The van der Waals surface area contributed by atoms with Crippen LogP contribution in [0.25, 0.3) is 22.5 Å². The number of hydrogen-bond acceptors (Lipinski definition) is 2. The smallest absolute Gasteiger partial charge is 0.349 e. The molecule has 0 spiro atoms. The minimum atomic E-state index is -0.222. The molecule has 0 aliphatic heterocycles. The Balaban J connectivity index is 2.34. The van der Waals surface area contributed by atoms with E-state index in [1.807, 2.05) is 60.7 Å². The van der Waals surface area contributed by atoms with Crippen LogP contribution in [0, 0.1) is 0 Å². The Morgan fingerprint density at radius 1 is 0.909 bits per heavy atom. The van der Waals surface area contributed by atoms with Crippen molar-refractivity contribution in [2.45, 2.75) is 0 Å². The van der Waals surface area contributed by atoms with E-state index in [4.69, 9.17) is 0 Å². The lowest BCUT2D eigenvalue weighted by atomic mass is 10.1. The van der Waals surface area contributed by atoms with Crippen LogP contribution in [0.3, 0.4) is 0 Å². The SMILES string of the molecule is Cn1c(-c2ccccc2)[n+](C)c(O)c(-c2ccccc2)c1=O. The molecule has 0 saturated carbocycles. The first-order valence-electron chi connectivity index (χ1n) is 7.04. The molecule has 1 heterocycles. The Labute approximate surface area is 128 Å². The topological polar surface area (TPSA) is 46.1 Å². The van der Waals surface area contributed by atoms with Crippen LogP contribution in [-0.4, -0.2) is 9.67 Å². The summed E-state index contributed by atoms with van der Waals surface area (Å²) in [7, 11) is 3.47. The van der Waals surface area contributed by atoms with Crippen molar-refractivity contribution in [2.24, 2.45) is 14.1 Å². The number of rotatable bonds is 2. The minimum Gasteiger partial charge on any atom is -0.477 e. The van der Waals surface area contributed by atoms with Gasteiger partial charge in [0.05, 0.1) is 19.7 Å². The van der Waals surface area contributed by atoms with E-state index in [0.29, 0.717) is 17.0 Å².